The number of carboxylic acid groups (broad SMARTS) is 1. The Bertz CT molecular complexity index is 846. The molecule has 5 nitrogen and oxygen atoms in total. The number of hydrogen-bond acceptors (Lipinski definition) is 4. The first-order valence-corrected chi connectivity index (χ1v) is 10.4. The van der Waals surface area contributed by atoms with Crippen LogP contribution in [-0.2, 0) is 16.8 Å². The molecule has 1 saturated heterocycles. The van der Waals surface area contributed by atoms with E-state index in [1.165, 1.54) is 11.1 Å². The topological polar surface area (TPSA) is 61.8 Å². The Hall–Kier alpha value is -2.37. The molecule has 0 spiro atoms. The van der Waals surface area contributed by atoms with E-state index in [1.807, 2.05) is 12.1 Å². The van der Waals surface area contributed by atoms with Crippen LogP contribution in [0.2, 0.25) is 0 Å². The summed E-state index contributed by atoms with van der Waals surface area (Å²) < 4.78 is 6.04. The highest BCUT2D eigenvalue weighted by Crippen LogP contribution is 2.50. The number of carboxylic acids is 1. The van der Waals surface area contributed by atoms with Crippen LogP contribution in [0.1, 0.15) is 30.4 Å². The molecule has 154 valence electrons. The predicted molar refractivity (Wildman–Crippen MR) is 113 cm³/mol. The molecule has 1 heterocycles. The molecule has 1 aliphatic heterocycles. The molecule has 4 rings (SSSR count). The Morgan fingerprint density at radius 1 is 1.17 bits per heavy atom. The van der Waals surface area contributed by atoms with E-state index in [9.17, 15) is 4.79 Å². The van der Waals surface area contributed by atoms with Crippen molar-refractivity contribution >= 4 is 5.97 Å². The van der Waals surface area contributed by atoms with Gasteiger partial charge in [-0.3, -0.25) is 9.69 Å². The van der Waals surface area contributed by atoms with Crippen molar-refractivity contribution in [2.45, 2.75) is 43.4 Å². The maximum atomic E-state index is 11.1. The van der Waals surface area contributed by atoms with Gasteiger partial charge in [-0.15, -0.1) is 0 Å². The minimum Gasteiger partial charge on any atom is -0.489 e. The molecule has 5 heteroatoms. The lowest BCUT2D eigenvalue weighted by molar-refractivity contribution is -0.139. The third-order valence-corrected chi connectivity index (χ3v) is 6.53. The molecule has 29 heavy (non-hydrogen) atoms. The van der Waals surface area contributed by atoms with Gasteiger partial charge in [-0.1, -0.05) is 42.5 Å². The minimum absolute atomic E-state index is 0.0884. The molecule has 0 aromatic heterocycles. The molecule has 0 amide bonds. The summed E-state index contributed by atoms with van der Waals surface area (Å²) in [4.78, 5) is 13.5. The predicted octanol–water partition coefficient (Wildman–Crippen LogP) is 3.29. The number of hydrogen-bond donors (Lipinski definition) is 2. The number of carbonyl (C=O) groups is 1. The number of nitrogens with one attached hydrogen (secondary N) is 1. The van der Waals surface area contributed by atoms with Crippen LogP contribution in [0.15, 0.2) is 54.6 Å². The summed E-state index contributed by atoms with van der Waals surface area (Å²) in [7, 11) is 4.36. The van der Waals surface area contributed by atoms with E-state index < -0.39 is 12.0 Å². The monoisotopic (exact) mass is 394 g/mol. The van der Waals surface area contributed by atoms with E-state index in [0.29, 0.717) is 18.9 Å². The molecule has 2 N–H and O–H groups in total. The van der Waals surface area contributed by atoms with Gasteiger partial charge >= 0.3 is 5.97 Å². The van der Waals surface area contributed by atoms with Crippen LogP contribution in [-0.4, -0.2) is 48.8 Å². The van der Waals surface area contributed by atoms with Crippen LogP contribution in [0, 0.1) is 5.92 Å². The fourth-order valence-corrected chi connectivity index (χ4v) is 4.90. The molecule has 0 bridgehead atoms. The summed E-state index contributed by atoms with van der Waals surface area (Å²) in [6.07, 6.45) is 3.77. The fraction of sp³-hybridized carbons (Fsp3) is 0.458. The van der Waals surface area contributed by atoms with Gasteiger partial charge in [-0.2, -0.15) is 0 Å². The number of benzene rings is 2. The Morgan fingerprint density at radius 2 is 1.93 bits per heavy atom. The highest BCUT2D eigenvalue weighted by atomic mass is 16.5. The first-order chi connectivity index (χ1) is 14.0. The van der Waals surface area contributed by atoms with Crippen molar-refractivity contribution in [3.05, 3.63) is 65.7 Å². The van der Waals surface area contributed by atoms with Crippen LogP contribution in [0.4, 0.5) is 0 Å². The van der Waals surface area contributed by atoms with E-state index >= 15 is 0 Å². The molecule has 2 aromatic carbocycles. The Labute approximate surface area is 172 Å². The lowest BCUT2D eigenvalue weighted by Gasteiger charge is -2.53. The molecule has 2 atom stereocenters. The van der Waals surface area contributed by atoms with Crippen LogP contribution in [0.3, 0.4) is 0 Å². The quantitative estimate of drug-likeness (QED) is 0.755. The molecule has 0 unspecified atom stereocenters. The standard InChI is InChI=1S/C24H30N2O3/c1-26(2)24(19-8-4-3-5-9-19)14-18(15-24)11-17-7-6-10-20(12-17)29-21-13-22(23(27)28)25-16-21/h3-10,12,18,21-22,25H,11,13-16H2,1-2H3,(H,27,28)/t18?,21-,22-,24?/m0/s1. The molecule has 2 aliphatic rings. The summed E-state index contributed by atoms with van der Waals surface area (Å²) in [5.74, 6) is 0.677. The summed E-state index contributed by atoms with van der Waals surface area (Å²) in [5.41, 5.74) is 2.83. The maximum absolute atomic E-state index is 11.1. The summed E-state index contributed by atoms with van der Waals surface area (Å²) in [6.45, 7) is 0.576. The third-order valence-electron chi connectivity index (χ3n) is 6.53. The van der Waals surface area contributed by atoms with E-state index in [4.69, 9.17) is 9.84 Å². The Kier molecular flexibility index (Phi) is 5.61. The van der Waals surface area contributed by atoms with Gasteiger partial charge < -0.3 is 15.2 Å². The molecule has 1 saturated carbocycles. The number of ether oxygens (including phenoxy) is 1. The smallest absolute Gasteiger partial charge is 0.320 e. The van der Waals surface area contributed by atoms with Crippen molar-refractivity contribution in [3.8, 4) is 5.75 Å². The lowest BCUT2D eigenvalue weighted by Crippen LogP contribution is -2.52. The van der Waals surface area contributed by atoms with E-state index in [-0.39, 0.29) is 11.6 Å². The van der Waals surface area contributed by atoms with Gasteiger partial charge in [0.25, 0.3) is 0 Å². The Balaban J connectivity index is 1.36. The first kappa shape index (κ1) is 19.9. The molecule has 0 radical (unpaired) electrons. The van der Waals surface area contributed by atoms with Gasteiger partial charge in [-0.05, 0) is 62.5 Å². The van der Waals surface area contributed by atoms with Crippen molar-refractivity contribution in [2.75, 3.05) is 20.6 Å². The fourth-order valence-electron chi connectivity index (χ4n) is 4.90. The van der Waals surface area contributed by atoms with Gasteiger partial charge in [0, 0.05) is 18.5 Å². The lowest BCUT2D eigenvalue weighted by atomic mass is 9.62. The third kappa shape index (κ3) is 4.16. The Morgan fingerprint density at radius 3 is 2.59 bits per heavy atom. The second-order valence-corrected chi connectivity index (χ2v) is 8.69. The minimum atomic E-state index is -0.808. The summed E-state index contributed by atoms with van der Waals surface area (Å²) in [6, 6.07) is 18.6. The van der Waals surface area contributed by atoms with E-state index in [2.05, 4.69) is 66.8 Å². The van der Waals surface area contributed by atoms with Gasteiger partial charge in [-0.25, -0.2) is 0 Å². The average molecular weight is 395 g/mol. The van der Waals surface area contributed by atoms with Crippen molar-refractivity contribution in [2.24, 2.45) is 5.92 Å². The molecule has 2 fully saturated rings. The van der Waals surface area contributed by atoms with Crippen LogP contribution >= 0.6 is 0 Å². The molecule has 2 aromatic rings. The summed E-state index contributed by atoms with van der Waals surface area (Å²) in [5, 5.41) is 12.1. The highest BCUT2D eigenvalue weighted by Gasteiger charge is 2.46. The average Bonchev–Trinajstić information content (AvgIpc) is 3.14. The second kappa shape index (κ2) is 8.17. The number of nitrogens with zero attached hydrogens (tertiary/aromatic N) is 1. The van der Waals surface area contributed by atoms with E-state index in [0.717, 1.165) is 25.0 Å². The van der Waals surface area contributed by atoms with Crippen LogP contribution < -0.4 is 10.1 Å². The van der Waals surface area contributed by atoms with Crippen molar-refractivity contribution in [3.63, 3.8) is 0 Å². The van der Waals surface area contributed by atoms with Gasteiger partial charge in [0.05, 0.1) is 0 Å². The number of aliphatic carboxylic acids is 1. The first-order valence-electron chi connectivity index (χ1n) is 10.4. The van der Waals surface area contributed by atoms with Crippen molar-refractivity contribution in [1.29, 1.82) is 0 Å². The van der Waals surface area contributed by atoms with Crippen LogP contribution in [0.5, 0.6) is 5.75 Å². The normalized spacial score (nSPS) is 28.9. The van der Waals surface area contributed by atoms with Crippen molar-refractivity contribution in [1.82, 2.24) is 10.2 Å². The molecular formula is C24H30N2O3. The zero-order chi connectivity index (χ0) is 20.4. The van der Waals surface area contributed by atoms with Crippen molar-refractivity contribution < 1.29 is 14.6 Å². The summed E-state index contributed by atoms with van der Waals surface area (Å²) >= 11 is 0. The van der Waals surface area contributed by atoms with Crippen LogP contribution in [0.25, 0.3) is 0 Å². The molecule has 1 aliphatic carbocycles. The zero-order valence-corrected chi connectivity index (χ0v) is 17.2. The largest absolute Gasteiger partial charge is 0.489 e. The van der Waals surface area contributed by atoms with Gasteiger partial charge in [0.15, 0.2) is 0 Å². The van der Waals surface area contributed by atoms with Gasteiger partial charge in [0.2, 0.25) is 0 Å². The second-order valence-electron chi connectivity index (χ2n) is 8.69. The SMILES string of the molecule is CN(C)C1(c2ccccc2)CC(Cc2cccc(O[C@@H]3CN[C@H](C(=O)O)C3)c2)C1. The zero-order valence-electron chi connectivity index (χ0n) is 17.2. The maximum Gasteiger partial charge on any atom is 0.320 e. The number of rotatable bonds is 7. The van der Waals surface area contributed by atoms with E-state index in [1.54, 1.807) is 0 Å². The highest BCUT2D eigenvalue weighted by molar-refractivity contribution is 5.73. The van der Waals surface area contributed by atoms with Gasteiger partial charge in [0.1, 0.15) is 17.9 Å². The molecular weight excluding hydrogens is 364 g/mol.